The van der Waals surface area contributed by atoms with E-state index in [0.717, 1.165) is 44.9 Å². The maximum atomic E-state index is 11.6. The fourth-order valence-corrected chi connectivity index (χ4v) is 7.56. The van der Waals surface area contributed by atoms with Gasteiger partial charge in [0.15, 0.2) is 0 Å². The predicted octanol–water partition coefficient (Wildman–Crippen LogP) is 17.7. The number of carboxylic acids is 1. The Labute approximate surface area is 340 Å². The summed E-state index contributed by atoms with van der Waals surface area (Å²) in [4.78, 5) is 22.8. The standard InChI is InChI=1S/C26H52O2.C24H48O2/c1-3-5-7-9-10-11-12-13-14-15-16-17-18-19-21-23-25-28-26(27)24-22-20-8-6-4-2;1-3-5-7-8-9-10-11-12-13-14-15-16-17-18-19-20-22-23(24(25)26)21-6-4-2/h3-25H2,1-2H3;23H,3-22H2,1-2H3,(H,25,26). The van der Waals surface area contributed by atoms with Gasteiger partial charge in [0.25, 0.3) is 0 Å². The van der Waals surface area contributed by atoms with Gasteiger partial charge in [0.2, 0.25) is 0 Å². The normalized spacial score (nSPS) is 11.7. The third-order valence-corrected chi connectivity index (χ3v) is 11.4. The fraction of sp³-hybridized carbons (Fsp3) is 0.960. The van der Waals surface area contributed by atoms with Gasteiger partial charge in [0, 0.05) is 6.42 Å². The number of carbonyl (C=O) groups excluding carboxylic acids is 1. The lowest BCUT2D eigenvalue weighted by atomic mass is 9.95. The Hall–Kier alpha value is -1.06. The van der Waals surface area contributed by atoms with Crippen molar-refractivity contribution in [1.82, 2.24) is 0 Å². The van der Waals surface area contributed by atoms with Crippen LogP contribution >= 0.6 is 0 Å². The van der Waals surface area contributed by atoms with Crippen LogP contribution in [-0.2, 0) is 14.3 Å². The zero-order valence-corrected chi connectivity index (χ0v) is 37.7. The second-order valence-electron chi connectivity index (χ2n) is 17.0. The molecule has 0 radical (unpaired) electrons. The van der Waals surface area contributed by atoms with E-state index in [1.54, 1.807) is 0 Å². The second kappa shape index (κ2) is 50.0. The van der Waals surface area contributed by atoms with Crippen molar-refractivity contribution in [2.45, 2.75) is 297 Å². The zero-order valence-electron chi connectivity index (χ0n) is 37.7. The summed E-state index contributed by atoms with van der Waals surface area (Å²) in [5.41, 5.74) is 0. The first kappa shape index (κ1) is 55.0. The molecule has 54 heavy (non-hydrogen) atoms. The number of carboxylic acid groups (broad SMARTS) is 1. The Morgan fingerprint density at radius 3 is 0.926 bits per heavy atom. The van der Waals surface area contributed by atoms with E-state index in [-0.39, 0.29) is 11.9 Å². The van der Waals surface area contributed by atoms with E-state index in [4.69, 9.17) is 4.74 Å². The van der Waals surface area contributed by atoms with Crippen LogP contribution in [0.15, 0.2) is 0 Å². The van der Waals surface area contributed by atoms with Crippen molar-refractivity contribution >= 4 is 11.9 Å². The molecule has 4 heteroatoms. The monoisotopic (exact) mass is 765 g/mol. The highest BCUT2D eigenvalue weighted by atomic mass is 16.5. The molecule has 0 aliphatic rings. The molecule has 0 fully saturated rings. The van der Waals surface area contributed by atoms with Gasteiger partial charge < -0.3 is 9.84 Å². The quantitative estimate of drug-likeness (QED) is 0.0496. The van der Waals surface area contributed by atoms with Crippen LogP contribution in [0.25, 0.3) is 0 Å². The summed E-state index contributed by atoms with van der Waals surface area (Å²) in [6, 6.07) is 0. The Bertz CT molecular complexity index is 707. The second-order valence-corrected chi connectivity index (χ2v) is 17.0. The van der Waals surface area contributed by atoms with Crippen molar-refractivity contribution < 1.29 is 19.4 Å². The first-order chi connectivity index (χ1) is 26.5. The number of unbranched alkanes of at least 4 members (excludes halogenated alkanes) is 35. The van der Waals surface area contributed by atoms with Crippen molar-refractivity contribution in [3.05, 3.63) is 0 Å². The van der Waals surface area contributed by atoms with Gasteiger partial charge in [-0.05, 0) is 25.7 Å². The molecular formula is C50H100O4. The van der Waals surface area contributed by atoms with E-state index in [9.17, 15) is 14.7 Å². The van der Waals surface area contributed by atoms with E-state index in [1.807, 2.05) is 0 Å². The molecule has 0 spiro atoms. The summed E-state index contributed by atoms with van der Waals surface area (Å²) in [5.74, 6) is -0.668. The molecule has 0 heterocycles. The smallest absolute Gasteiger partial charge is 0.306 e. The van der Waals surface area contributed by atoms with Crippen LogP contribution in [0.2, 0.25) is 0 Å². The summed E-state index contributed by atoms with van der Waals surface area (Å²) in [5, 5.41) is 9.23. The Kier molecular flexibility index (Phi) is 50.9. The molecule has 1 atom stereocenters. The fourth-order valence-electron chi connectivity index (χ4n) is 7.56. The van der Waals surface area contributed by atoms with Crippen LogP contribution in [0.4, 0.5) is 0 Å². The third kappa shape index (κ3) is 49.0. The van der Waals surface area contributed by atoms with Gasteiger partial charge in [-0.2, -0.15) is 0 Å². The van der Waals surface area contributed by atoms with E-state index in [2.05, 4.69) is 27.7 Å². The van der Waals surface area contributed by atoms with Gasteiger partial charge in [-0.1, -0.05) is 265 Å². The highest BCUT2D eigenvalue weighted by Gasteiger charge is 2.15. The lowest BCUT2D eigenvalue weighted by Crippen LogP contribution is -2.13. The zero-order chi connectivity index (χ0) is 39.8. The van der Waals surface area contributed by atoms with Gasteiger partial charge in [-0.15, -0.1) is 0 Å². The number of esters is 1. The van der Waals surface area contributed by atoms with Crippen LogP contribution in [-0.4, -0.2) is 23.7 Å². The molecule has 0 aromatic carbocycles. The molecule has 1 unspecified atom stereocenters. The molecule has 0 amide bonds. The first-order valence-corrected chi connectivity index (χ1v) is 24.9. The minimum atomic E-state index is -0.584. The van der Waals surface area contributed by atoms with Crippen molar-refractivity contribution in [2.24, 2.45) is 5.92 Å². The number of aliphatic carboxylic acids is 1. The topological polar surface area (TPSA) is 63.6 Å². The number of rotatable bonds is 44. The van der Waals surface area contributed by atoms with Crippen molar-refractivity contribution in [2.75, 3.05) is 6.61 Å². The summed E-state index contributed by atoms with van der Waals surface area (Å²) in [6.45, 7) is 9.55. The van der Waals surface area contributed by atoms with Gasteiger partial charge in [-0.25, -0.2) is 0 Å². The summed E-state index contributed by atoms with van der Waals surface area (Å²) in [7, 11) is 0. The van der Waals surface area contributed by atoms with Crippen LogP contribution in [0.3, 0.4) is 0 Å². The Balaban J connectivity index is 0. The highest BCUT2D eigenvalue weighted by Crippen LogP contribution is 2.19. The lowest BCUT2D eigenvalue weighted by molar-refractivity contribution is -0.144. The van der Waals surface area contributed by atoms with Crippen LogP contribution in [0.5, 0.6) is 0 Å². The summed E-state index contributed by atoms with van der Waals surface area (Å²) < 4.78 is 5.33. The molecule has 0 saturated carbocycles. The van der Waals surface area contributed by atoms with Crippen LogP contribution in [0.1, 0.15) is 297 Å². The molecule has 0 aromatic heterocycles. The SMILES string of the molecule is CCCCCCCCCCCCCCCCCCC(CCCC)C(=O)O.CCCCCCCCCCCCCCCCCCOC(=O)CCCCCCC. The minimum Gasteiger partial charge on any atom is -0.481 e. The largest absolute Gasteiger partial charge is 0.481 e. The molecule has 0 aliphatic heterocycles. The Morgan fingerprint density at radius 2 is 0.611 bits per heavy atom. The predicted molar refractivity (Wildman–Crippen MR) is 239 cm³/mol. The van der Waals surface area contributed by atoms with E-state index in [1.165, 1.54) is 218 Å². The minimum absolute atomic E-state index is 0.0115. The lowest BCUT2D eigenvalue weighted by Gasteiger charge is -2.11. The summed E-state index contributed by atoms with van der Waals surface area (Å²) in [6.07, 6.45) is 54.4. The number of ether oxygens (including phenoxy) is 1. The molecule has 0 aliphatic carbocycles. The summed E-state index contributed by atoms with van der Waals surface area (Å²) >= 11 is 0. The number of carbonyl (C=O) groups is 2. The molecule has 0 rings (SSSR count). The van der Waals surface area contributed by atoms with Crippen molar-refractivity contribution in [3.63, 3.8) is 0 Å². The average Bonchev–Trinajstić information content (AvgIpc) is 3.17. The van der Waals surface area contributed by atoms with E-state index in [0.29, 0.717) is 13.0 Å². The van der Waals surface area contributed by atoms with E-state index >= 15 is 0 Å². The third-order valence-electron chi connectivity index (χ3n) is 11.4. The maximum absolute atomic E-state index is 11.6. The molecule has 4 nitrogen and oxygen atoms in total. The first-order valence-electron chi connectivity index (χ1n) is 24.9. The molecular weight excluding hydrogens is 665 g/mol. The number of hydrogen-bond acceptors (Lipinski definition) is 3. The Morgan fingerprint density at radius 1 is 0.352 bits per heavy atom. The van der Waals surface area contributed by atoms with Gasteiger partial charge in [-0.3, -0.25) is 9.59 Å². The van der Waals surface area contributed by atoms with E-state index < -0.39 is 5.97 Å². The number of hydrogen-bond donors (Lipinski definition) is 1. The van der Waals surface area contributed by atoms with Gasteiger partial charge in [0.05, 0.1) is 12.5 Å². The van der Waals surface area contributed by atoms with Crippen molar-refractivity contribution in [3.8, 4) is 0 Å². The van der Waals surface area contributed by atoms with Gasteiger partial charge >= 0.3 is 11.9 Å². The molecule has 0 aromatic rings. The average molecular weight is 765 g/mol. The molecule has 1 N–H and O–H groups in total. The van der Waals surface area contributed by atoms with Crippen molar-refractivity contribution in [1.29, 1.82) is 0 Å². The molecule has 0 bridgehead atoms. The highest BCUT2D eigenvalue weighted by molar-refractivity contribution is 5.69. The van der Waals surface area contributed by atoms with Gasteiger partial charge in [0.1, 0.15) is 0 Å². The van der Waals surface area contributed by atoms with Crippen LogP contribution < -0.4 is 0 Å². The molecule has 324 valence electrons. The van der Waals surface area contributed by atoms with Crippen LogP contribution in [0, 0.1) is 5.92 Å². The molecule has 0 saturated heterocycles. The maximum Gasteiger partial charge on any atom is 0.306 e.